The number of benzene rings is 1. The van der Waals surface area contributed by atoms with Gasteiger partial charge < -0.3 is 41.4 Å². The van der Waals surface area contributed by atoms with Crippen LogP contribution in [0.4, 0.5) is 0 Å². The number of hydrogen-bond acceptors (Lipinski definition) is 8. The first-order valence-electron chi connectivity index (χ1n) is 12.6. The summed E-state index contributed by atoms with van der Waals surface area (Å²) >= 11 is 0. The summed E-state index contributed by atoms with van der Waals surface area (Å²) in [5.74, 6) is -4.48. The molecule has 0 unspecified atom stereocenters. The van der Waals surface area contributed by atoms with Crippen LogP contribution in [0.5, 0.6) is 5.75 Å². The number of aliphatic hydroxyl groups is 1. The number of aliphatic carboxylic acids is 1. The summed E-state index contributed by atoms with van der Waals surface area (Å²) in [6, 6.07) is 1.61. The number of amides is 4. The monoisotopic (exact) mass is 550 g/mol. The molecule has 0 saturated carbocycles. The van der Waals surface area contributed by atoms with Crippen molar-refractivity contribution >= 4 is 35.9 Å². The quantitative estimate of drug-likeness (QED) is 0.131. The van der Waals surface area contributed by atoms with Crippen LogP contribution < -0.4 is 21.3 Å². The fraction of sp³-hybridized carbons (Fsp3) is 0.538. The van der Waals surface area contributed by atoms with Crippen LogP contribution in [0.3, 0.4) is 0 Å². The van der Waals surface area contributed by atoms with Crippen LogP contribution in [0.1, 0.15) is 52.5 Å². The highest BCUT2D eigenvalue weighted by atomic mass is 16.4. The lowest BCUT2D eigenvalue weighted by Gasteiger charge is -2.28. The Morgan fingerprint density at radius 2 is 1.49 bits per heavy atom. The van der Waals surface area contributed by atoms with Crippen molar-refractivity contribution in [2.24, 2.45) is 5.92 Å². The van der Waals surface area contributed by atoms with Gasteiger partial charge in [-0.1, -0.05) is 32.4 Å². The highest BCUT2D eigenvalue weighted by Crippen LogP contribution is 2.13. The van der Waals surface area contributed by atoms with E-state index in [0.717, 1.165) is 0 Å². The lowest BCUT2D eigenvalue weighted by Crippen LogP contribution is -2.59. The molecule has 0 aromatic heterocycles. The Bertz CT molecular complexity index is 1010. The molecule has 39 heavy (non-hydrogen) atoms. The molecule has 0 radical (unpaired) electrons. The van der Waals surface area contributed by atoms with E-state index in [4.69, 9.17) is 5.11 Å². The molecule has 0 spiro atoms. The maximum Gasteiger partial charge on any atom is 0.305 e. The zero-order valence-corrected chi connectivity index (χ0v) is 22.5. The van der Waals surface area contributed by atoms with Gasteiger partial charge in [0.05, 0.1) is 6.42 Å². The van der Waals surface area contributed by atoms with Gasteiger partial charge in [-0.3, -0.25) is 24.0 Å². The molecule has 0 aliphatic rings. The molecule has 7 N–H and O–H groups in total. The van der Waals surface area contributed by atoms with Crippen molar-refractivity contribution in [2.75, 3.05) is 0 Å². The van der Waals surface area contributed by atoms with Gasteiger partial charge in [-0.2, -0.15) is 0 Å². The number of aldehydes is 1. The Hall–Kier alpha value is -4.00. The molecule has 4 amide bonds. The van der Waals surface area contributed by atoms with Gasteiger partial charge in [0.15, 0.2) is 0 Å². The molecule has 216 valence electrons. The average Bonchev–Trinajstić information content (AvgIpc) is 2.86. The molecule has 0 saturated heterocycles. The molecule has 0 aliphatic carbocycles. The number of carboxylic acid groups (broad SMARTS) is 1. The number of hydrogen-bond donors (Lipinski definition) is 7. The van der Waals surface area contributed by atoms with Crippen LogP contribution in [0.2, 0.25) is 0 Å². The van der Waals surface area contributed by atoms with Crippen LogP contribution in [-0.4, -0.2) is 81.5 Å². The smallest absolute Gasteiger partial charge is 0.305 e. The van der Waals surface area contributed by atoms with Crippen molar-refractivity contribution in [3.63, 3.8) is 0 Å². The van der Waals surface area contributed by atoms with Crippen LogP contribution in [0.15, 0.2) is 24.3 Å². The van der Waals surface area contributed by atoms with Crippen molar-refractivity contribution in [3.8, 4) is 5.75 Å². The van der Waals surface area contributed by atoms with Crippen molar-refractivity contribution in [3.05, 3.63) is 29.8 Å². The van der Waals surface area contributed by atoms with E-state index >= 15 is 0 Å². The van der Waals surface area contributed by atoms with Crippen molar-refractivity contribution in [1.82, 2.24) is 21.3 Å². The Morgan fingerprint density at radius 1 is 0.872 bits per heavy atom. The molecule has 1 aromatic rings. The van der Waals surface area contributed by atoms with E-state index in [9.17, 15) is 39.0 Å². The third kappa shape index (κ3) is 11.5. The van der Waals surface area contributed by atoms with Crippen LogP contribution >= 0.6 is 0 Å². The second kappa shape index (κ2) is 16.1. The Morgan fingerprint density at radius 3 is 2.00 bits per heavy atom. The predicted octanol–water partition coefficient (Wildman–Crippen LogP) is -0.616. The molecule has 1 rings (SSSR count). The minimum atomic E-state index is -1.39. The second-order valence-electron chi connectivity index (χ2n) is 9.42. The predicted molar refractivity (Wildman–Crippen MR) is 139 cm³/mol. The first kappa shape index (κ1) is 33.0. The molecule has 0 heterocycles. The van der Waals surface area contributed by atoms with Gasteiger partial charge >= 0.3 is 5.97 Å². The summed E-state index contributed by atoms with van der Waals surface area (Å²) in [4.78, 5) is 72.9. The average molecular weight is 551 g/mol. The van der Waals surface area contributed by atoms with Gasteiger partial charge in [0.25, 0.3) is 0 Å². The van der Waals surface area contributed by atoms with Gasteiger partial charge in [0, 0.05) is 18.9 Å². The SMILES string of the molecule is CC[C@H](C)[C@H](NC(=O)[C@H](Cc1ccc(O)cc1)NC(=O)[C@H](C)O)C(=O)N[C@@H](C)C(=O)N[C@H](CC=O)CC(=O)O. The number of carbonyl (C=O) groups excluding carboxylic acids is 5. The van der Waals surface area contributed by atoms with E-state index in [0.29, 0.717) is 18.3 Å². The van der Waals surface area contributed by atoms with E-state index in [2.05, 4.69) is 21.3 Å². The first-order chi connectivity index (χ1) is 18.3. The van der Waals surface area contributed by atoms with Gasteiger partial charge in [0.2, 0.25) is 23.6 Å². The highest BCUT2D eigenvalue weighted by molar-refractivity contribution is 5.95. The zero-order valence-electron chi connectivity index (χ0n) is 22.5. The number of carboxylic acids is 1. The minimum Gasteiger partial charge on any atom is -0.508 e. The topological polar surface area (TPSA) is 211 Å². The summed E-state index contributed by atoms with van der Waals surface area (Å²) in [5, 5.41) is 38.1. The van der Waals surface area contributed by atoms with E-state index < -0.39 is 66.3 Å². The molecular weight excluding hydrogens is 512 g/mol. The van der Waals surface area contributed by atoms with E-state index in [1.165, 1.54) is 26.0 Å². The van der Waals surface area contributed by atoms with E-state index in [1.807, 2.05) is 0 Å². The van der Waals surface area contributed by atoms with Crippen molar-refractivity contribution < 1.29 is 44.1 Å². The second-order valence-corrected chi connectivity index (χ2v) is 9.42. The zero-order chi connectivity index (χ0) is 29.7. The first-order valence-corrected chi connectivity index (χ1v) is 12.6. The van der Waals surface area contributed by atoms with Crippen LogP contribution in [0.25, 0.3) is 0 Å². The third-order valence-electron chi connectivity index (χ3n) is 6.08. The number of carbonyl (C=O) groups is 6. The standard InChI is InChI=1S/C26H38N4O9/c1-5-14(2)22(26(39)27-15(3)23(36)28-18(10-11-31)13-21(34)35)30-25(38)20(29-24(37)16(4)32)12-17-6-8-19(33)9-7-17/h6-9,11,14-16,18,20,22,32-33H,5,10,12-13H2,1-4H3,(H,27,39)(H,28,36)(H,29,37)(H,30,38)(H,34,35)/t14-,15-,16-,18+,20-,22-/m0/s1. The third-order valence-corrected chi connectivity index (χ3v) is 6.08. The molecule has 13 nitrogen and oxygen atoms in total. The summed E-state index contributed by atoms with van der Waals surface area (Å²) in [7, 11) is 0. The summed E-state index contributed by atoms with van der Waals surface area (Å²) in [6.45, 7) is 6.12. The number of aromatic hydroxyl groups is 1. The fourth-order valence-electron chi connectivity index (χ4n) is 3.54. The normalized spacial score (nSPS) is 15.4. The summed E-state index contributed by atoms with van der Waals surface area (Å²) < 4.78 is 0. The maximum absolute atomic E-state index is 13.2. The Kier molecular flexibility index (Phi) is 13.6. The van der Waals surface area contributed by atoms with Crippen molar-refractivity contribution in [2.45, 2.75) is 83.6 Å². The van der Waals surface area contributed by atoms with Gasteiger partial charge in [0.1, 0.15) is 36.3 Å². The molecule has 13 heteroatoms. The summed E-state index contributed by atoms with van der Waals surface area (Å²) in [6.07, 6.45) is -1.13. The molecule has 0 aliphatic heterocycles. The van der Waals surface area contributed by atoms with Crippen LogP contribution in [0, 0.1) is 5.92 Å². The number of aliphatic hydroxyl groups excluding tert-OH is 1. The minimum absolute atomic E-state index is 0.0000746. The molecular formula is C26H38N4O9. The Balaban J connectivity index is 3.03. The number of nitrogens with one attached hydrogen (secondary N) is 4. The summed E-state index contributed by atoms with van der Waals surface area (Å²) in [5.41, 5.74) is 0.597. The Labute approximate surface area is 226 Å². The fourth-order valence-corrected chi connectivity index (χ4v) is 3.54. The lowest BCUT2D eigenvalue weighted by molar-refractivity contribution is -0.138. The number of rotatable bonds is 16. The van der Waals surface area contributed by atoms with Crippen LogP contribution in [-0.2, 0) is 35.2 Å². The molecule has 0 bridgehead atoms. The molecule has 1 aromatic carbocycles. The van der Waals surface area contributed by atoms with Gasteiger partial charge in [-0.15, -0.1) is 0 Å². The largest absolute Gasteiger partial charge is 0.508 e. The number of phenols is 1. The molecule has 6 atom stereocenters. The molecule has 0 fully saturated rings. The maximum atomic E-state index is 13.2. The van der Waals surface area contributed by atoms with Crippen molar-refractivity contribution in [1.29, 1.82) is 0 Å². The highest BCUT2D eigenvalue weighted by Gasteiger charge is 2.32. The van der Waals surface area contributed by atoms with E-state index in [1.54, 1.807) is 26.0 Å². The van der Waals surface area contributed by atoms with Gasteiger partial charge in [-0.25, -0.2) is 0 Å². The number of phenolic OH excluding ortho intramolecular Hbond substituents is 1. The van der Waals surface area contributed by atoms with Gasteiger partial charge in [-0.05, 0) is 37.5 Å². The lowest BCUT2D eigenvalue weighted by atomic mass is 9.96. The van der Waals surface area contributed by atoms with E-state index in [-0.39, 0.29) is 24.5 Å².